The van der Waals surface area contributed by atoms with E-state index in [2.05, 4.69) is 146 Å². The first kappa shape index (κ1) is 27.9. The molecule has 4 aliphatic rings. The molecule has 0 fully saturated rings. The Morgan fingerprint density at radius 3 is 2.43 bits per heavy atom. The van der Waals surface area contributed by atoms with Crippen molar-refractivity contribution < 1.29 is 0 Å². The van der Waals surface area contributed by atoms with Gasteiger partial charge in [-0.2, -0.15) is 0 Å². The Kier molecular flexibility index (Phi) is 6.57. The van der Waals surface area contributed by atoms with Crippen molar-refractivity contribution in [2.24, 2.45) is 0 Å². The number of allylic oxidation sites excluding steroid dienone is 3. The second-order valence-corrected chi connectivity index (χ2v) is 14.3. The summed E-state index contributed by atoms with van der Waals surface area (Å²) in [6, 6.07) is 39.3. The van der Waals surface area contributed by atoms with Crippen LogP contribution in [0, 0.1) is 0 Å². The largest absolute Gasteiger partial charge is 0.378 e. The maximum atomic E-state index is 2.51. The average Bonchev–Trinajstić information content (AvgIpc) is 3.42. The fraction of sp³-hybridized carbons (Fsp3) is 0.190. The van der Waals surface area contributed by atoms with Crippen molar-refractivity contribution in [1.82, 2.24) is 0 Å². The molecule has 0 spiro atoms. The molecule has 1 atom stereocenters. The monoisotopic (exact) mass is 612 g/mol. The first-order chi connectivity index (χ1) is 22.6. The third-order valence-electron chi connectivity index (χ3n) is 10.5. The van der Waals surface area contributed by atoms with Crippen LogP contribution in [0.25, 0.3) is 11.6 Å². The second kappa shape index (κ2) is 10.8. The normalized spacial score (nSPS) is 17.4. The maximum absolute atomic E-state index is 2.51. The zero-order chi connectivity index (χ0) is 30.9. The number of anilines is 4. The van der Waals surface area contributed by atoms with E-state index in [9.17, 15) is 0 Å². The summed E-state index contributed by atoms with van der Waals surface area (Å²) in [7, 11) is 4.28. The fourth-order valence-corrected chi connectivity index (χ4v) is 9.92. The van der Waals surface area contributed by atoms with E-state index in [-0.39, 0.29) is 6.71 Å². The smallest absolute Gasteiger partial charge is 0.249 e. The summed E-state index contributed by atoms with van der Waals surface area (Å²) in [6.07, 6.45) is 9.44. The molecule has 2 aliphatic heterocycles. The van der Waals surface area contributed by atoms with Gasteiger partial charge in [-0.25, -0.2) is 0 Å². The van der Waals surface area contributed by atoms with Gasteiger partial charge in [0.15, 0.2) is 0 Å². The number of rotatable bonds is 4. The summed E-state index contributed by atoms with van der Waals surface area (Å²) >= 11 is 2.01. The Labute approximate surface area is 277 Å². The lowest BCUT2D eigenvalue weighted by Crippen LogP contribution is -2.60. The Morgan fingerprint density at radius 1 is 0.783 bits per heavy atom. The lowest BCUT2D eigenvalue weighted by atomic mass is 9.34. The van der Waals surface area contributed by atoms with Crippen molar-refractivity contribution in [1.29, 1.82) is 0 Å². The predicted octanol–water partition coefficient (Wildman–Crippen LogP) is 9.02. The summed E-state index contributed by atoms with van der Waals surface area (Å²) in [6.45, 7) is 2.29. The molecule has 46 heavy (non-hydrogen) atoms. The molecule has 0 saturated carbocycles. The van der Waals surface area contributed by atoms with Crippen LogP contribution >= 0.6 is 11.8 Å². The maximum Gasteiger partial charge on any atom is 0.249 e. The summed E-state index contributed by atoms with van der Waals surface area (Å²) in [5.74, 6) is 0.341. The molecule has 2 heterocycles. The molecule has 5 aromatic rings. The van der Waals surface area contributed by atoms with Crippen LogP contribution in [0.1, 0.15) is 60.8 Å². The van der Waals surface area contributed by atoms with Crippen LogP contribution < -0.4 is 26.2 Å². The Morgan fingerprint density at radius 2 is 1.59 bits per heavy atom. The molecule has 1 unspecified atom stereocenters. The highest BCUT2D eigenvalue weighted by atomic mass is 32.2. The zero-order valence-corrected chi connectivity index (χ0v) is 27.6. The highest BCUT2D eigenvalue weighted by molar-refractivity contribution is 8.00. The Balaban J connectivity index is 1.32. The molecular weight excluding hydrogens is 575 g/mol. The zero-order valence-electron chi connectivity index (χ0n) is 26.8. The number of hydrogen-bond donors (Lipinski definition) is 0. The lowest BCUT2D eigenvalue weighted by molar-refractivity contribution is 0.692. The number of fused-ring (bicyclic) bond motifs is 6. The Bertz CT molecular complexity index is 2090. The minimum absolute atomic E-state index is 0.170. The molecule has 224 valence electrons. The minimum atomic E-state index is 0.170. The molecule has 0 aromatic heterocycles. The quantitative estimate of drug-likeness (QED) is 0.183. The van der Waals surface area contributed by atoms with Crippen LogP contribution in [0.4, 0.5) is 22.7 Å². The number of para-hydroxylation sites is 1. The summed E-state index contributed by atoms with van der Waals surface area (Å²) < 4.78 is 0. The summed E-state index contributed by atoms with van der Waals surface area (Å²) in [5, 5.41) is 0. The van der Waals surface area contributed by atoms with Gasteiger partial charge >= 0.3 is 0 Å². The summed E-state index contributed by atoms with van der Waals surface area (Å²) in [5.41, 5.74) is 18.3. The van der Waals surface area contributed by atoms with Gasteiger partial charge in [0.2, 0.25) is 6.71 Å². The van der Waals surface area contributed by atoms with Crippen LogP contribution in [0.5, 0.6) is 0 Å². The molecule has 4 heteroatoms. The predicted molar refractivity (Wildman–Crippen MR) is 199 cm³/mol. The number of nitrogens with zero attached hydrogens (tertiary/aromatic N) is 2. The van der Waals surface area contributed by atoms with Gasteiger partial charge in [0, 0.05) is 52.6 Å². The Hall–Kier alpha value is -4.41. The van der Waals surface area contributed by atoms with Gasteiger partial charge in [0.25, 0.3) is 0 Å². The molecule has 0 radical (unpaired) electrons. The van der Waals surface area contributed by atoms with Crippen molar-refractivity contribution >= 4 is 69.3 Å². The van der Waals surface area contributed by atoms with Gasteiger partial charge in [0.05, 0.1) is 0 Å². The van der Waals surface area contributed by atoms with Gasteiger partial charge < -0.3 is 9.80 Å². The average molecular weight is 613 g/mol. The van der Waals surface area contributed by atoms with E-state index in [0.29, 0.717) is 5.92 Å². The van der Waals surface area contributed by atoms with Crippen LogP contribution in [-0.4, -0.2) is 20.8 Å². The SMILES string of the molecule is C/C=C/c1cc2c3c(c1)N(c1ccccc1)c1cc(N(C)C)ccc1B3c1cccc(C3C4=C(CCCC4)c4ccccc43)c1S2. The number of hydrogen-bond acceptors (Lipinski definition) is 3. The van der Waals surface area contributed by atoms with Gasteiger partial charge in [-0.05, 0) is 108 Å². The molecule has 0 saturated heterocycles. The van der Waals surface area contributed by atoms with Crippen LogP contribution in [0.3, 0.4) is 0 Å². The standard InChI is InChI=1S/C42H37BN2S/c1-4-13-27-24-38-41-39(25-27)46-42-34(40-32-18-10-8-16-30(32)31-17-9-11-19-33(31)40)20-12-21-36(42)43(41)35-23-22-29(44(2)3)26-37(35)45(38)28-14-6-5-7-15-28/h4-8,10,12-16,18,20-26,40H,9,11,17,19H2,1-3H3/b13-4+. The van der Waals surface area contributed by atoms with E-state index < -0.39 is 0 Å². The van der Waals surface area contributed by atoms with Crippen LogP contribution in [0.2, 0.25) is 0 Å². The molecule has 9 rings (SSSR count). The van der Waals surface area contributed by atoms with Crippen molar-refractivity contribution in [3.8, 4) is 0 Å². The van der Waals surface area contributed by atoms with E-state index in [1.807, 2.05) is 11.8 Å². The highest BCUT2D eigenvalue weighted by Gasteiger charge is 2.43. The minimum Gasteiger partial charge on any atom is -0.378 e. The third kappa shape index (κ3) is 4.12. The van der Waals surface area contributed by atoms with Crippen molar-refractivity contribution in [3.63, 3.8) is 0 Å². The van der Waals surface area contributed by atoms with Crippen molar-refractivity contribution in [2.45, 2.75) is 48.3 Å². The van der Waals surface area contributed by atoms with Gasteiger partial charge in [0.1, 0.15) is 0 Å². The first-order valence-electron chi connectivity index (χ1n) is 16.7. The molecule has 5 aromatic carbocycles. The first-order valence-corrected chi connectivity index (χ1v) is 17.5. The molecule has 0 N–H and O–H groups in total. The highest BCUT2D eigenvalue weighted by Crippen LogP contribution is 2.53. The fourth-order valence-electron chi connectivity index (χ4n) is 8.57. The van der Waals surface area contributed by atoms with E-state index in [1.165, 1.54) is 96.9 Å². The van der Waals surface area contributed by atoms with E-state index in [4.69, 9.17) is 0 Å². The van der Waals surface area contributed by atoms with E-state index in [1.54, 1.807) is 11.1 Å². The second-order valence-electron chi connectivity index (χ2n) is 13.3. The molecule has 0 bridgehead atoms. The molecule has 2 nitrogen and oxygen atoms in total. The number of benzene rings is 5. The van der Waals surface area contributed by atoms with E-state index in [0.717, 1.165) is 0 Å². The van der Waals surface area contributed by atoms with Crippen LogP contribution in [0.15, 0.2) is 125 Å². The van der Waals surface area contributed by atoms with Crippen molar-refractivity contribution in [2.75, 3.05) is 23.9 Å². The molecule has 2 aliphatic carbocycles. The van der Waals surface area contributed by atoms with Crippen molar-refractivity contribution in [3.05, 3.63) is 137 Å². The third-order valence-corrected chi connectivity index (χ3v) is 11.7. The van der Waals surface area contributed by atoms with Gasteiger partial charge in [-0.3, -0.25) is 0 Å². The van der Waals surface area contributed by atoms with Crippen LogP contribution in [-0.2, 0) is 0 Å². The van der Waals surface area contributed by atoms with E-state index >= 15 is 0 Å². The molecular formula is C42H37BN2S. The van der Waals surface area contributed by atoms with Gasteiger partial charge in [-0.15, -0.1) is 0 Å². The topological polar surface area (TPSA) is 6.48 Å². The summed E-state index contributed by atoms with van der Waals surface area (Å²) in [4.78, 5) is 7.56. The molecule has 0 amide bonds. The lowest BCUT2D eigenvalue weighted by Gasteiger charge is -2.41. The van der Waals surface area contributed by atoms with Gasteiger partial charge in [-0.1, -0.05) is 102 Å².